The van der Waals surface area contributed by atoms with Crippen LogP contribution in [0.5, 0.6) is 0 Å². The Hall–Kier alpha value is -3.01. The summed E-state index contributed by atoms with van der Waals surface area (Å²) in [6.07, 6.45) is 5.61. The number of hydrogen-bond donors (Lipinski definition) is 0. The minimum atomic E-state index is 0.0759. The first-order chi connectivity index (χ1) is 17.0. The quantitative estimate of drug-likeness (QED) is 0.206. The standard InChI is InChI=1S/C26H18Br2O.C4H6.C2H6/c1-2-6-22-23(18-9-13-20(27)14-10-18)24(19-11-15-21(28)16-12-19)25(26(22)29)17-7-4-3-5-8-17;1-3-4-2;1-2/h2-5,7-16H,1,6H2;3-4H,1-2H2;1-2H3. The number of allylic oxidation sites excluding steroid dienone is 7. The van der Waals surface area contributed by atoms with Crippen LogP contribution in [0.1, 0.15) is 37.0 Å². The molecule has 0 fully saturated rings. The van der Waals surface area contributed by atoms with Gasteiger partial charge >= 0.3 is 0 Å². The fourth-order valence-electron chi connectivity index (χ4n) is 3.71. The lowest BCUT2D eigenvalue weighted by molar-refractivity contribution is -0.110. The normalized spacial score (nSPS) is 12.3. The Bertz CT molecular complexity index is 1220. The molecular formula is C32H30Br2O. The van der Waals surface area contributed by atoms with Crippen LogP contribution >= 0.6 is 31.9 Å². The minimum Gasteiger partial charge on any atom is -0.289 e. The summed E-state index contributed by atoms with van der Waals surface area (Å²) in [6, 6.07) is 26.2. The third-order valence-corrected chi connectivity index (χ3v) is 6.20. The lowest BCUT2D eigenvalue weighted by Crippen LogP contribution is -2.01. The van der Waals surface area contributed by atoms with Gasteiger partial charge in [-0.2, -0.15) is 0 Å². The topological polar surface area (TPSA) is 17.1 Å². The van der Waals surface area contributed by atoms with Crippen molar-refractivity contribution in [2.45, 2.75) is 20.3 Å². The number of ketones is 1. The molecule has 3 aromatic carbocycles. The Morgan fingerprint density at radius 2 is 1.06 bits per heavy atom. The molecular weight excluding hydrogens is 560 g/mol. The minimum absolute atomic E-state index is 0.0759. The molecule has 0 aromatic heterocycles. The predicted molar refractivity (Wildman–Crippen MR) is 160 cm³/mol. The molecule has 35 heavy (non-hydrogen) atoms. The first-order valence-corrected chi connectivity index (χ1v) is 13.0. The van der Waals surface area contributed by atoms with E-state index in [-0.39, 0.29) is 5.78 Å². The van der Waals surface area contributed by atoms with Crippen LogP contribution in [0.3, 0.4) is 0 Å². The number of hydrogen-bond acceptors (Lipinski definition) is 1. The zero-order chi connectivity index (χ0) is 25.8. The molecule has 0 bridgehead atoms. The van der Waals surface area contributed by atoms with Gasteiger partial charge in [0.2, 0.25) is 0 Å². The molecule has 1 aliphatic carbocycles. The van der Waals surface area contributed by atoms with Crippen LogP contribution in [0.15, 0.2) is 131 Å². The van der Waals surface area contributed by atoms with E-state index in [1.165, 1.54) is 0 Å². The molecule has 3 heteroatoms. The Morgan fingerprint density at radius 3 is 1.49 bits per heavy atom. The van der Waals surface area contributed by atoms with Gasteiger partial charge < -0.3 is 0 Å². The van der Waals surface area contributed by atoms with Gasteiger partial charge in [-0.3, -0.25) is 4.79 Å². The van der Waals surface area contributed by atoms with Crippen LogP contribution < -0.4 is 0 Å². The van der Waals surface area contributed by atoms with Gasteiger partial charge in [0.25, 0.3) is 0 Å². The summed E-state index contributed by atoms with van der Waals surface area (Å²) >= 11 is 7.03. The molecule has 178 valence electrons. The summed E-state index contributed by atoms with van der Waals surface area (Å²) in [7, 11) is 0. The molecule has 0 spiro atoms. The Labute approximate surface area is 226 Å². The summed E-state index contributed by atoms with van der Waals surface area (Å²) in [5.74, 6) is 0.0759. The molecule has 0 saturated carbocycles. The molecule has 0 saturated heterocycles. The van der Waals surface area contributed by atoms with Crippen LogP contribution in [0.2, 0.25) is 0 Å². The molecule has 0 N–H and O–H groups in total. The van der Waals surface area contributed by atoms with Crippen LogP contribution in [0.4, 0.5) is 0 Å². The fraction of sp³-hybridized carbons (Fsp3) is 0.0938. The second-order valence-corrected chi connectivity index (χ2v) is 9.11. The summed E-state index contributed by atoms with van der Waals surface area (Å²) in [5, 5.41) is 0. The van der Waals surface area contributed by atoms with Crippen molar-refractivity contribution in [1.29, 1.82) is 0 Å². The predicted octanol–water partition coefficient (Wildman–Crippen LogP) is 10.1. The molecule has 0 aliphatic heterocycles. The van der Waals surface area contributed by atoms with E-state index in [2.05, 4.69) is 75.9 Å². The van der Waals surface area contributed by atoms with E-state index in [0.29, 0.717) is 6.42 Å². The van der Waals surface area contributed by atoms with Gasteiger partial charge in [-0.25, -0.2) is 0 Å². The van der Waals surface area contributed by atoms with Crippen molar-refractivity contribution in [2.24, 2.45) is 0 Å². The largest absolute Gasteiger partial charge is 0.289 e. The first kappa shape index (κ1) is 28.2. The summed E-state index contributed by atoms with van der Waals surface area (Å²) in [6.45, 7) is 14.6. The highest BCUT2D eigenvalue weighted by molar-refractivity contribution is 9.10. The number of benzene rings is 3. The molecule has 0 amide bonds. The zero-order valence-electron chi connectivity index (χ0n) is 20.2. The highest BCUT2D eigenvalue weighted by Gasteiger charge is 2.33. The molecule has 1 aliphatic rings. The smallest absolute Gasteiger partial charge is 0.191 e. The summed E-state index contributed by atoms with van der Waals surface area (Å²) in [5.41, 5.74) is 6.50. The average molecular weight is 590 g/mol. The highest BCUT2D eigenvalue weighted by atomic mass is 79.9. The number of carbonyl (C=O) groups excluding carboxylic acids is 1. The van der Waals surface area contributed by atoms with E-state index >= 15 is 0 Å². The molecule has 0 radical (unpaired) electrons. The summed E-state index contributed by atoms with van der Waals surface area (Å²) < 4.78 is 2.02. The molecule has 0 unspecified atom stereocenters. The van der Waals surface area contributed by atoms with Gasteiger partial charge in [0.05, 0.1) is 0 Å². The lowest BCUT2D eigenvalue weighted by atomic mass is 9.90. The van der Waals surface area contributed by atoms with E-state index in [1.54, 1.807) is 18.2 Å². The summed E-state index contributed by atoms with van der Waals surface area (Å²) in [4.78, 5) is 13.6. The van der Waals surface area contributed by atoms with E-state index < -0.39 is 0 Å². The second-order valence-electron chi connectivity index (χ2n) is 7.28. The van der Waals surface area contributed by atoms with Gasteiger partial charge in [0, 0.05) is 25.7 Å². The third-order valence-electron chi connectivity index (χ3n) is 5.15. The van der Waals surface area contributed by atoms with E-state index in [0.717, 1.165) is 47.9 Å². The van der Waals surface area contributed by atoms with Crippen molar-refractivity contribution < 1.29 is 4.79 Å². The Balaban J connectivity index is 0.000000655. The number of carbonyl (C=O) groups is 1. The van der Waals surface area contributed by atoms with E-state index in [9.17, 15) is 4.79 Å². The Kier molecular flexibility index (Phi) is 11.6. The SMILES string of the molecule is C=CC=C.C=CCC1=C(c2ccc(Br)cc2)C(c2ccc(Br)cc2)=C(c2ccccc2)C1=O.CC. The van der Waals surface area contributed by atoms with Crippen LogP contribution in [-0.4, -0.2) is 5.78 Å². The monoisotopic (exact) mass is 588 g/mol. The number of rotatable bonds is 6. The van der Waals surface area contributed by atoms with Crippen molar-refractivity contribution in [3.05, 3.63) is 148 Å². The fourth-order valence-corrected chi connectivity index (χ4v) is 4.24. The van der Waals surface area contributed by atoms with Gasteiger partial charge in [0.1, 0.15) is 0 Å². The zero-order valence-corrected chi connectivity index (χ0v) is 23.4. The molecule has 3 aromatic rings. The van der Waals surface area contributed by atoms with Crippen molar-refractivity contribution in [3.63, 3.8) is 0 Å². The van der Waals surface area contributed by atoms with Crippen molar-refractivity contribution >= 4 is 54.4 Å². The lowest BCUT2D eigenvalue weighted by Gasteiger charge is -2.13. The van der Waals surface area contributed by atoms with Gasteiger partial charge in [-0.05, 0) is 52.9 Å². The maximum absolute atomic E-state index is 13.6. The van der Waals surface area contributed by atoms with Gasteiger partial charge in [-0.1, -0.05) is 132 Å². The molecule has 1 nitrogen and oxygen atoms in total. The van der Waals surface area contributed by atoms with Gasteiger partial charge in [-0.15, -0.1) is 6.58 Å². The molecule has 4 rings (SSSR count). The highest BCUT2D eigenvalue weighted by Crippen LogP contribution is 2.47. The van der Waals surface area contributed by atoms with Crippen molar-refractivity contribution in [1.82, 2.24) is 0 Å². The average Bonchev–Trinajstić information content (AvgIpc) is 3.19. The van der Waals surface area contributed by atoms with E-state index in [1.807, 2.05) is 68.4 Å². The second kappa shape index (κ2) is 14.4. The van der Waals surface area contributed by atoms with Crippen LogP contribution in [0, 0.1) is 0 Å². The first-order valence-electron chi connectivity index (χ1n) is 11.5. The van der Waals surface area contributed by atoms with E-state index in [4.69, 9.17) is 0 Å². The number of Topliss-reactive ketones (excluding diaryl/α,β-unsaturated/α-hetero) is 1. The maximum Gasteiger partial charge on any atom is 0.191 e. The maximum atomic E-state index is 13.6. The van der Waals surface area contributed by atoms with Crippen molar-refractivity contribution in [2.75, 3.05) is 0 Å². The molecule has 0 atom stereocenters. The van der Waals surface area contributed by atoms with Crippen molar-refractivity contribution in [3.8, 4) is 0 Å². The number of halogens is 2. The molecule has 0 heterocycles. The van der Waals surface area contributed by atoms with Crippen LogP contribution in [0.25, 0.3) is 16.7 Å². The third kappa shape index (κ3) is 7.00. The van der Waals surface area contributed by atoms with Crippen LogP contribution in [-0.2, 0) is 4.79 Å². The van der Waals surface area contributed by atoms with Gasteiger partial charge in [0.15, 0.2) is 5.78 Å². The Morgan fingerprint density at radius 1 is 0.629 bits per heavy atom.